The number of nitrogens with zero attached hydrogens (tertiary/aromatic N) is 3. The summed E-state index contributed by atoms with van der Waals surface area (Å²) < 4.78 is 2.08. The van der Waals surface area contributed by atoms with Crippen LogP contribution in [0.3, 0.4) is 0 Å². The molecule has 1 aliphatic heterocycles. The number of aryl methyl sites for hydroxylation is 1. The summed E-state index contributed by atoms with van der Waals surface area (Å²) in [6.45, 7) is 7.80. The minimum absolute atomic E-state index is 0.233. The zero-order valence-corrected chi connectivity index (χ0v) is 14.3. The van der Waals surface area contributed by atoms with Gasteiger partial charge < -0.3 is 4.57 Å². The van der Waals surface area contributed by atoms with Crippen LogP contribution in [0.15, 0.2) is 48.2 Å². The molecule has 1 fully saturated rings. The third-order valence-electron chi connectivity index (χ3n) is 3.85. The fourth-order valence-electron chi connectivity index (χ4n) is 2.74. The van der Waals surface area contributed by atoms with Crippen molar-refractivity contribution in [2.24, 2.45) is 0 Å². The normalized spacial score (nSPS) is 16.2. The molecule has 0 N–H and O–H groups in total. The number of imide groups is 1. The molecule has 24 heavy (non-hydrogen) atoms. The summed E-state index contributed by atoms with van der Waals surface area (Å²) in [5.41, 5.74) is 3.92. The highest BCUT2D eigenvalue weighted by atomic mass is 32.2. The van der Waals surface area contributed by atoms with Crippen LogP contribution in [0.2, 0.25) is 0 Å². The molecule has 0 spiro atoms. The number of pyridine rings is 1. The molecule has 2 amide bonds. The van der Waals surface area contributed by atoms with Crippen LogP contribution in [0.5, 0.6) is 0 Å². The van der Waals surface area contributed by atoms with Crippen molar-refractivity contribution in [1.82, 2.24) is 14.5 Å². The molecule has 0 bridgehead atoms. The van der Waals surface area contributed by atoms with Crippen LogP contribution in [-0.4, -0.2) is 32.1 Å². The topological polar surface area (TPSA) is 55.2 Å². The van der Waals surface area contributed by atoms with Crippen LogP contribution in [0.25, 0.3) is 11.8 Å². The minimum Gasteiger partial charge on any atom is -0.316 e. The fraction of sp³-hybridized carbons (Fsp3) is 0.167. The molecule has 0 saturated carbocycles. The summed E-state index contributed by atoms with van der Waals surface area (Å²) in [6, 6.07) is 5.87. The monoisotopic (exact) mass is 339 g/mol. The van der Waals surface area contributed by atoms with E-state index in [-0.39, 0.29) is 17.7 Å². The molecule has 2 aromatic heterocycles. The third kappa shape index (κ3) is 2.80. The molecule has 0 atom stereocenters. The SMILES string of the molecule is C=CCN1C(=O)S/C(=C/c2cc(C)n(-c3cccnc3)c2C)C1=O. The quantitative estimate of drug-likeness (QED) is 0.629. The maximum atomic E-state index is 12.3. The van der Waals surface area contributed by atoms with Crippen LogP contribution < -0.4 is 0 Å². The molecular formula is C18H17N3O2S. The van der Waals surface area contributed by atoms with Gasteiger partial charge in [-0.2, -0.15) is 0 Å². The molecule has 0 aliphatic carbocycles. The van der Waals surface area contributed by atoms with Gasteiger partial charge in [0.05, 0.1) is 16.8 Å². The first-order chi connectivity index (χ1) is 11.5. The zero-order valence-electron chi connectivity index (χ0n) is 13.5. The lowest BCUT2D eigenvalue weighted by Gasteiger charge is -2.09. The van der Waals surface area contributed by atoms with E-state index in [9.17, 15) is 9.59 Å². The first-order valence-corrected chi connectivity index (χ1v) is 8.30. The second kappa shape index (κ2) is 6.49. The van der Waals surface area contributed by atoms with Gasteiger partial charge in [0, 0.05) is 24.1 Å². The van der Waals surface area contributed by atoms with Gasteiger partial charge in [0.2, 0.25) is 0 Å². The first kappa shape index (κ1) is 16.3. The zero-order chi connectivity index (χ0) is 17.3. The molecule has 5 nitrogen and oxygen atoms in total. The summed E-state index contributed by atoms with van der Waals surface area (Å²) in [4.78, 5) is 30.0. The summed E-state index contributed by atoms with van der Waals surface area (Å²) >= 11 is 0.965. The summed E-state index contributed by atoms with van der Waals surface area (Å²) in [5.74, 6) is -0.268. The van der Waals surface area contributed by atoms with Crippen molar-refractivity contribution in [3.05, 3.63) is 65.1 Å². The largest absolute Gasteiger partial charge is 0.316 e. The van der Waals surface area contributed by atoms with Gasteiger partial charge in [0.1, 0.15) is 0 Å². The molecule has 0 radical (unpaired) electrons. The minimum atomic E-state index is -0.268. The van der Waals surface area contributed by atoms with E-state index in [1.165, 1.54) is 4.90 Å². The van der Waals surface area contributed by atoms with Crippen LogP contribution in [0, 0.1) is 13.8 Å². The van der Waals surface area contributed by atoms with E-state index >= 15 is 0 Å². The standard InChI is InChI=1S/C18H17N3O2S/c1-4-8-20-17(22)16(24-18(20)23)10-14-9-12(2)21(13(14)3)15-6-5-7-19-11-15/h4-7,9-11H,1,8H2,2-3H3/b16-10+. The van der Waals surface area contributed by atoms with Crippen molar-refractivity contribution < 1.29 is 9.59 Å². The Morgan fingerprint density at radius 1 is 1.33 bits per heavy atom. The van der Waals surface area contributed by atoms with Crippen LogP contribution in [0.4, 0.5) is 4.79 Å². The number of aromatic nitrogens is 2. The van der Waals surface area contributed by atoms with E-state index in [1.807, 2.05) is 32.0 Å². The predicted molar refractivity (Wildman–Crippen MR) is 95.9 cm³/mol. The average molecular weight is 339 g/mol. The van der Waals surface area contributed by atoms with Gasteiger partial charge >= 0.3 is 0 Å². The number of hydrogen-bond donors (Lipinski definition) is 0. The second-order valence-corrected chi connectivity index (χ2v) is 6.45. The van der Waals surface area contributed by atoms with Gasteiger partial charge in [0.25, 0.3) is 11.1 Å². The van der Waals surface area contributed by atoms with Crippen LogP contribution in [-0.2, 0) is 4.79 Å². The van der Waals surface area contributed by atoms with Crippen LogP contribution >= 0.6 is 11.8 Å². The van der Waals surface area contributed by atoms with Gasteiger partial charge in [0.15, 0.2) is 0 Å². The molecule has 0 aromatic carbocycles. The highest BCUT2D eigenvalue weighted by Gasteiger charge is 2.34. The number of carbonyl (C=O) groups is 2. The number of carbonyl (C=O) groups excluding carboxylic acids is 2. The van der Waals surface area contributed by atoms with Crippen LogP contribution in [0.1, 0.15) is 17.0 Å². The third-order valence-corrected chi connectivity index (χ3v) is 4.75. The van der Waals surface area contributed by atoms with Gasteiger partial charge in [-0.1, -0.05) is 6.08 Å². The van der Waals surface area contributed by atoms with E-state index in [0.29, 0.717) is 4.91 Å². The molecule has 3 rings (SSSR count). The van der Waals surface area contributed by atoms with Crippen molar-refractivity contribution in [3.63, 3.8) is 0 Å². The van der Waals surface area contributed by atoms with Crippen molar-refractivity contribution in [3.8, 4) is 5.69 Å². The van der Waals surface area contributed by atoms with Gasteiger partial charge in [-0.15, -0.1) is 6.58 Å². The van der Waals surface area contributed by atoms with E-state index < -0.39 is 0 Å². The summed E-state index contributed by atoms with van der Waals surface area (Å²) in [5, 5.41) is -0.257. The summed E-state index contributed by atoms with van der Waals surface area (Å²) in [7, 11) is 0. The van der Waals surface area contributed by atoms with E-state index in [4.69, 9.17) is 0 Å². The fourth-order valence-corrected chi connectivity index (χ4v) is 3.58. The van der Waals surface area contributed by atoms with Crippen molar-refractivity contribution in [2.75, 3.05) is 6.54 Å². The lowest BCUT2D eigenvalue weighted by Crippen LogP contribution is -2.27. The van der Waals surface area contributed by atoms with Gasteiger partial charge in [-0.3, -0.25) is 19.5 Å². The second-order valence-electron chi connectivity index (χ2n) is 5.45. The number of rotatable bonds is 4. The van der Waals surface area contributed by atoms with E-state index in [2.05, 4.69) is 16.1 Å². The predicted octanol–water partition coefficient (Wildman–Crippen LogP) is 3.71. The maximum absolute atomic E-state index is 12.3. The summed E-state index contributed by atoms with van der Waals surface area (Å²) in [6.07, 6.45) is 6.85. The Hall–Kier alpha value is -2.60. The molecule has 6 heteroatoms. The van der Waals surface area contributed by atoms with E-state index in [1.54, 1.807) is 24.5 Å². The lowest BCUT2D eigenvalue weighted by molar-refractivity contribution is -0.122. The van der Waals surface area contributed by atoms with Gasteiger partial charge in [-0.25, -0.2) is 0 Å². The highest BCUT2D eigenvalue weighted by Crippen LogP contribution is 2.33. The maximum Gasteiger partial charge on any atom is 0.293 e. The first-order valence-electron chi connectivity index (χ1n) is 7.48. The Bertz CT molecular complexity index is 853. The molecule has 2 aromatic rings. The molecule has 3 heterocycles. The van der Waals surface area contributed by atoms with Crippen molar-refractivity contribution in [1.29, 1.82) is 0 Å². The Morgan fingerprint density at radius 3 is 2.79 bits per heavy atom. The smallest absolute Gasteiger partial charge is 0.293 e. The lowest BCUT2D eigenvalue weighted by atomic mass is 10.2. The van der Waals surface area contributed by atoms with Crippen molar-refractivity contribution in [2.45, 2.75) is 13.8 Å². The van der Waals surface area contributed by atoms with E-state index in [0.717, 1.165) is 34.4 Å². The Labute approximate surface area is 144 Å². The number of amides is 2. The Morgan fingerprint density at radius 2 is 2.12 bits per heavy atom. The Kier molecular flexibility index (Phi) is 4.40. The molecule has 0 unspecified atom stereocenters. The molecular weight excluding hydrogens is 322 g/mol. The molecule has 122 valence electrons. The van der Waals surface area contributed by atoms with Gasteiger partial charge in [-0.05, 0) is 55.4 Å². The molecule has 1 aliphatic rings. The van der Waals surface area contributed by atoms with Crippen molar-refractivity contribution >= 4 is 29.0 Å². The molecule has 1 saturated heterocycles. The highest BCUT2D eigenvalue weighted by molar-refractivity contribution is 8.18. The average Bonchev–Trinajstić information content (AvgIpc) is 2.99. The number of hydrogen-bond acceptors (Lipinski definition) is 4. The number of thioether (sulfide) groups is 1. The Balaban J connectivity index is 1.99.